The monoisotopic (exact) mass is 211 g/mol. The minimum absolute atomic E-state index is 0.0245. The lowest BCUT2D eigenvalue weighted by molar-refractivity contribution is 0.0683. The molecule has 0 unspecified atom stereocenters. The lowest BCUT2D eigenvalue weighted by atomic mass is 9.94. The van der Waals surface area contributed by atoms with E-state index in [-0.39, 0.29) is 11.6 Å². The van der Waals surface area contributed by atoms with Crippen molar-refractivity contribution in [2.24, 2.45) is 0 Å². The summed E-state index contributed by atoms with van der Waals surface area (Å²) < 4.78 is 10.3. The van der Waals surface area contributed by atoms with E-state index in [1.165, 1.54) is 0 Å². The summed E-state index contributed by atoms with van der Waals surface area (Å²) in [5.41, 5.74) is 0.672. The maximum Gasteiger partial charge on any atom is 0.358 e. The highest BCUT2D eigenvalue weighted by molar-refractivity contribution is 5.87. The van der Waals surface area contributed by atoms with E-state index < -0.39 is 5.97 Å². The van der Waals surface area contributed by atoms with Crippen molar-refractivity contribution in [1.29, 1.82) is 0 Å². The van der Waals surface area contributed by atoms with Crippen LogP contribution in [0.3, 0.4) is 0 Å². The molecule has 0 radical (unpaired) electrons. The molecule has 1 aromatic rings. The molecule has 2 heterocycles. The smallest absolute Gasteiger partial charge is 0.358 e. The number of carboxylic acid groups (broad SMARTS) is 1. The topological polar surface area (TPSA) is 72.6 Å². The molecule has 0 aromatic carbocycles. The van der Waals surface area contributed by atoms with Crippen molar-refractivity contribution in [3.05, 3.63) is 17.0 Å². The molecule has 0 bridgehead atoms. The van der Waals surface area contributed by atoms with Crippen LogP contribution < -0.4 is 0 Å². The van der Waals surface area contributed by atoms with Crippen LogP contribution >= 0.6 is 0 Å². The zero-order valence-corrected chi connectivity index (χ0v) is 8.52. The van der Waals surface area contributed by atoms with Crippen LogP contribution in [0.4, 0.5) is 0 Å². The molecule has 0 amide bonds. The minimum Gasteiger partial charge on any atom is -0.476 e. The van der Waals surface area contributed by atoms with Crippen molar-refractivity contribution in [3.8, 4) is 0 Å². The molecule has 2 rings (SSSR count). The number of carboxylic acids is 1. The van der Waals surface area contributed by atoms with E-state index in [0.29, 0.717) is 24.5 Å². The Morgan fingerprint density at radius 2 is 2.13 bits per heavy atom. The molecule has 1 aliphatic heterocycles. The molecule has 5 heteroatoms. The van der Waals surface area contributed by atoms with Crippen LogP contribution in [0.25, 0.3) is 0 Å². The lowest BCUT2D eigenvalue weighted by Crippen LogP contribution is -2.14. The average molecular weight is 211 g/mol. The van der Waals surface area contributed by atoms with Gasteiger partial charge < -0.3 is 14.4 Å². The Balaban J connectivity index is 2.24. The normalized spacial score (nSPS) is 17.9. The van der Waals surface area contributed by atoms with Gasteiger partial charge in [-0.05, 0) is 19.8 Å². The quantitative estimate of drug-likeness (QED) is 0.803. The van der Waals surface area contributed by atoms with Gasteiger partial charge in [-0.15, -0.1) is 0 Å². The standard InChI is InChI=1S/C10H13NO4/c1-6-8(10(12)13)11-15-9(6)7-2-4-14-5-3-7/h7H,2-5H2,1H3,(H,12,13). The summed E-state index contributed by atoms with van der Waals surface area (Å²) in [6, 6.07) is 0. The van der Waals surface area contributed by atoms with E-state index in [1.807, 2.05) is 0 Å². The molecule has 1 N–H and O–H groups in total. The Hall–Kier alpha value is -1.36. The van der Waals surface area contributed by atoms with E-state index in [2.05, 4.69) is 5.16 Å². The van der Waals surface area contributed by atoms with Crippen LogP contribution in [0, 0.1) is 6.92 Å². The van der Waals surface area contributed by atoms with Crippen LogP contribution in [-0.2, 0) is 4.74 Å². The molecule has 0 aliphatic carbocycles. The summed E-state index contributed by atoms with van der Waals surface area (Å²) in [5.74, 6) is -0.0791. The molecule has 82 valence electrons. The first-order valence-electron chi connectivity index (χ1n) is 4.97. The summed E-state index contributed by atoms with van der Waals surface area (Å²) in [7, 11) is 0. The highest BCUT2D eigenvalue weighted by Gasteiger charge is 2.25. The maximum absolute atomic E-state index is 10.8. The van der Waals surface area contributed by atoms with Crippen molar-refractivity contribution in [2.75, 3.05) is 13.2 Å². The van der Waals surface area contributed by atoms with Crippen molar-refractivity contribution < 1.29 is 19.2 Å². The molecule has 0 saturated carbocycles. The molecule has 0 atom stereocenters. The molecule has 1 saturated heterocycles. The fourth-order valence-electron chi connectivity index (χ4n) is 1.89. The van der Waals surface area contributed by atoms with Crippen molar-refractivity contribution in [3.63, 3.8) is 0 Å². The predicted octanol–water partition coefficient (Wildman–Crippen LogP) is 1.58. The molecule has 5 nitrogen and oxygen atoms in total. The van der Waals surface area contributed by atoms with Gasteiger partial charge in [0.25, 0.3) is 0 Å². The first-order valence-corrected chi connectivity index (χ1v) is 4.97. The van der Waals surface area contributed by atoms with Gasteiger partial charge in [0.1, 0.15) is 5.76 Å². The Bertz CT molecular complexity index is 365. The van der Waals surface area contributed by atoms with Gasteiger partial charge in [-0.3, -0.25) is 0 Å². The number of carbonyl (C=O) groups is 1. The fourth-order valence-corrected chi connectivity index (χ4v) is 1.89. The minimum atomic E-state index is -1.03. The zero-order chi connectivity index (χ0) is 10.8. The van der Waals surface area contributed by atoms with Gasteiger partial charge in [0, 0.05) is 24.7 Å². The number of nitrogens with zero attached hydrogens (tertiary/aromatic N) is 1. The molecular formula is C10H13NO4. The van der Waals surface area contributed by atoms with Crippen LogP contribution in [0.1, 0.15) is 40.6 Å². The Kier molecular flexibility index (Phi) is 2.73. The largest absolute Gasteiger partial charge is 0.476 e. The third kappa shape index (κ3) is 1.87. The second kappa shape index (κ2) is 4.02. The number of aromatic carboxylic acids is 1. The molecule has 1 fully saturated rings. The fraction of sp³-hybridized carbons (Fsp3) is 0.600. The summed E-state index contributed by atoms with van der Waals surface area (Å²) in [6.07, 6.45) is 1.74. The molecule has 15 heavy (non-hydrogen) atoms. The summed E-state index contributed by atoms with van der Waals surface area (Å²) in [5, 5.41) is 12.4. The van der Waals surface area contributed by atoms with Gasteiger partial charge >= 0.3 is 5.97 Å². The van der Waals surface area contributed by atoms with Crippen LogP contribution in [0.15, 0.2) is 4.52 Å². The predicted molar refractivity (Wildman–Crippen MR) is 51.0 cm³/mol. The highest BCUT2D eigenvalue weighted by atomic mass is 16.5. The lowest BCUT2D eigenvalue weighted by Gasteiger charge is -2.19. The molecular weight excluding hydrogens is 198 g/mol. The first kappa shape index (κ1) is 10.2. The van der Waals surface area contributed by atoms with Crippen LogP contribution in [0.2, 0.25) is 0 Å². The second-order valence-corrected chi connectivity index (χ2v) is 3.71. The first-order chi connectivity index (χ1) is 7.20. The van der Waals surface area contributed by atoms with Crippen LogP contribution in [0.5, 0.6) is 0 Å². The number of hydrogen-bond acceptors (Lipinski definition) is 4. The van der Waals surface area contributed by atoms with Gasteiger partial charge in [-0.1, -0.05) is 5.16 Å². The van der Waals surface area contributed by atoms with E-state index >= 15 is 0 Å². The van der Waals surface area contributed by atoms with Crippen molar-refractivity contribution in [1.82, 2.24) is 5.16 Å². The summed E-state index contributed by atoms with van der Waals surface area (Å²) in [4.78, 5) is 10.8. The van der Waals surface area contributed by atoms with Crippen molar-refractivity contribution >= 4 is 5.97 Å². The summed E-state index contributed by atoms with van der Waals surface area (Å²) in [6.45, 7) is 3.14. The van der Waals surface area contributed by atoms with Gasteiger partial charge in [0.15, 0.2) is 5.69 Å². The molecule has 1 aromatic heterocycles. The van der Waals surface area contributed by atoms with Gasteiger partial charge in [-0.2, -0.15) is 0 Å². The second-order valence-electron chi connectivity index (χ2n) is 3.71. The van der Waals surface area contributed by atoms with E-state index in [4.69, 9.17) is 14.4 Å². The van der Waals surface area contributed by atoms with Crippen LogP contribution in [-0.4, -0.2) is 29.4 Å². The number of ether oxygens (including phenoxy) is 1. The summed E-state index contributed by atoms with van der Waals surface area (Å²) >= 11 is 0. The van der Waals surface area contributed by atoms with E-state index in [1.54, 1.807) is 6.92 Å². The third-order valence-electron chi connectivity index (χ3n) is 2.75. The highest BCUT2D eigenvalue weighted by Crippen LogP contribution is 2.30. The number of hydrogen-bond donors (Lipinski definition) is 1. The maximum atomic E-state index is 10.8. The Morgan fingerprint density at radius 1 is 1.47 bits per heavy atom. The van der Waals surface area contributed by atoms with E-state index in [0.717, 1.165) is 12.8 Å². The Labute approximate surface area is 87.0 Å². The third-order valence-corrected chi connectivity index (χ3v) is 2.75. The average Bonchev–Trinajstić information content (AvgIpc) is 2.61. The van der Waals surface area contributed by atoms with Gasteiger partial charge in [0.05, 0.1) is 0 Å². The molecule has 1 aliphatic rings. The number of rotatable bonds is 2. The van der Waals surface area contributed by atoms with Gasteiger partial charge in [0.2, 0.25) is 0 Å². The SMILES string of the molecule is Cc1c(C(=O)O)noc1C1CCOCC1. The zero-order valence-electron chi connectivity index (χ0n) is 8.52. The van der Waals surface area contributed by atoms with Crippen molar-refractivity contribution in [2.45, 2.75) is 25.7 Å². The molecule has 0 spiro atoms. The number of aromatic nitrogens is 1. The van der Waals surface area contributed by atoms with Gasteiger partial charge in [-0.25, -0.2) is 4.79 Å². The Morgan fingerprint density at radius 3 is 2.67 bits per heavy atom. The van der Waals surface area contributed by atoms with E-state index in [9.17, 15) is 4.79 Å².